The lowest BCUT2D eigenvalue weighted by Gasteiger charge is -2.25. The highest BCUT2D eigenvalue weighted by atomic mass is 32.2. The van der Waals surface area contributed by atoms with Crippen LogP contribution in [0.3, 0.4) is 0 Å². The first-order valence-corrected chi connectivity index (χ1v) is 14.0. The maximum atomic E-state index is 13.4. The van der Waals surface area contributed by atoms with E-state index in [9.17, 15) is 13.2 Å². The van der Waals surface area contributed by atoms with E-state index in [1.807, 2.05) is 17.0 Å². The Morgan fingerprint density at radius 2 is 1.68 bits per heavy atom. The van der Waals surface area contributed by atoms with Crippen LogP contribution in [0.25, 0.3) is 0 Å². The molecule has 4 rings (SSSR count). The van der Waals surface area contributed by atoms with Crippen molar-refractivity contribution in [2.45, 2.75) is 56.3 Å². The average molecular weight is 498 g/mol. The van der Waals surface area contributed by atoms with Crippen molar-refractivity contribution in [1.82, 2.24) is 14.2 Å². The summed E-state index contributed by atoms with van der Waals surface area (Å²) >= 11 is 1.21. The highest BCUT2D eigenvalue weighted by Crippen LogP contribution is 2.28. The third-order valence-corrected chi connectivity index (χ3v) is 9.58. The molecule has 0 atom stereocenters. The largest absolute Gasteiger partial charge is 0.334 e. The number of nitrogens with zero attached hydrogens (tertiary/aromatic N) is 3. The van der Waals surface area contributed by atoms with Gasteiger partial charge in [0.1, 0.15) is 4.21 Å². The molecule has 1 aliphatic heterocycles. The molecule has 0 spiro atoms. The number of pyridine rings is 1. The molecular weight excluding hydrogens is 466 g/mol. The first-order valence-electron chi connectivity index (χ1n) is 11.8. The van der Waals surface area contributed by atoms with Crippen molar-refractivity contribution in [2.24, 2.45) is 0 Å². The first-order chi connectivity index (χ1) is 16.5. The molecule has 34 heavy (non-hydrogen) atoms. The van der Waals surface area contributed by atoms with Crippen molar-refractivity contribution >= 4 is 27.3 Å². The molecule has 180 valence electrons. The number of amides is 1. The number of benzene rings is 1. The minimum atomic E-state index is -3.48. The Kier molecular flexibility index (Phi) is 8.13. The Labute approximate surface area is 206 Å². The average Bonchev–Trinajstić information content (AvgIpc) is 3.34. The quantitative estimate of drug-likeness (QED) is 0.431. The van der Waals surface area contributed by atoms with Crippen molar-refractivity contribution < 1.29 is 13.2 Å². The lowest BCUT2D eigenvalue weighted by molar-refractivity contribution is -0.131. The zero-order chi connectivity index (χ0) is 24.0. The molecule has 1 saturated heterocycles. The second-order valence-corrected chi connectivity index (χ2v) is 12.0. The molecular formula is C26H31N3O3S2. The Bertz CT molecular complexity index is 1190. The van der Waals surface area contributed by atoms with Crippen molar-refractivity contribution in [3.05, 3.63) is 82.5 Å². The number of hydrogen-bond donors (Lipinski definition) is 0. The van der Waals surface area contributed by atoms with Crippen molar-refractivity contribution in [2.75, 3.05) is 13.1 Å². The molecule has 0 N–H and O–H groups in total. The highest BCUT2D eigenvalue weighted by molar-refractivity contribution is 7.91. The standard InChI is InChI=1S/C26H31N3O3S2/c1-2-21-8-10-22(11-9-21)19-28(20-23-7-6-14-27-18-23)25(30)17-24-12-13-26(33-24)34(31,32)29-15-4-3-5-16-29/h6-14,18H,2-5,15-17,19-20H2,1H3. The molecule has 2 aromatic heterocycles. The van der Waals surface area contributed by atoms with Crippen LogP contribution in [-0.2, 0) is 40.7 Å². The number of aryl methyl sites for hydroxylation is 1. The van der Waals surface area contributed by atoms with Crippen LogP contribution in [0.2, 0.25) is 0 Å². The smallest absolute Gasteiger partial charge is 0.252 e. The van der Waals surface area contributed by atoms with Crippen LogP contribution < -0.4 is 0 Å². The Morgan fingerprint density at radius 1 is 0.971 bits per heavy atom. The van der Waals surface area contributed by atoms with E-state index < -0.39 is 10.0 Å². The number of rotatable bonds is 9. The molecule has 3 heterocycles. The normalized spacial score (nSPS) is 14.7. The molecule has 0 aliphatic carbocycles. The number of carbonyl (C=O) groups is 1. The van der Waals surface area contributed by atoms with Gasteiger partial charge < -0.3 is 4.90 Å². The van der Waals surface area contributed by atoms with Gasteiger partial charge in [-0.3, -0.25) is 9.78 Å². The van der Waals surface area contributed by atoms with E-state index in [-0.39, 0.29) is 12.3 Å². The molecule has 6 nitrogen and oxygen atoms in total. The van der Waals surface area contributed by atoms with E-state index in [1.165, 1.54) is 16.9 Å². The maximum Gasteiger partial charge on any atom is 0.252 e. The van der Waals surface area contributed by atoms with Gasteiger partial charge >= 0.3 is 0 Å². The van der Waals surface area contributed by atoms with Crippen LogP contribution in [0.1, 0.15) is 47.8 Å². The fraction of sp³-hybridized carbons (Fsp3) is 0.385. The predicted octanol–water partition coefficient (Wildman–Crippen LogP) is 4.65. The summed E-state index contributed by atoms with van der Waals surface area (Å²) < 4.78 is 27.9. The molecule has 0 bridgehead atoms. The predicted molar refractivity (Wildman–Crippen MR) is 135 cm³/mol. The fourth-order valence-corrected chi connectivity index (χ4v) is 7.15. The number of piperidine rings is 1. The van der Waals surface area contributed by atoms with E-state index in [4.69, 9.17) is 0 Å². The molecule has 3 aromatic rings. The monoisotopic (exact) mass is 497 g/mol. The topological polar surface area (TPSA) is 70.6 Å². The summed E-state index contributed by atoms with van der Waals surface area (Å²) in [7, 11) is -3.48. The van der Waals surface area contributed by atoms with E-state index in [2.05, 4.69) is 36.2 Å². The summed E-state index contributed by atoms with van der Waals surface area (Å²) in [6, 6.07) is 15.6. The van der Waals surface area contributed by atoms with Gasteiger partial charge in [0.2, 0.25) is 5.91 Å². The first kappa shape index (κ1) is 24.6. The zero-order valence-corrected chi connectivity index (χ0v) is 21.2. The van der Waals surface area contributed by atoms with Gasteiger partial charge in [-0.15, -0.1) is 11.3 Å². The summed E-state index contributed by atoms with van der Waals surface area (Å²) in [6.07, 6.45) is 7.51. The number of sulfonamides is 1. The van der Waals surface area contributed by atoms with Gasteiger partial charge in [0.15, 0.2) is 0 Å². The van der Waals surface area contributed by atoms with E-state index in [0.717, 1.165) is 41.7 Å². The van der Waals surface area contributed by atoms with Crippen LogP contribution >= 0.6 is 11.3 Å². The summed E-state index contributed by atoms with van der Waals surface area (Å²) in [4.78, 5) is 20.1. The fourth-order valence-electron chi connectivity index (χ4n) is 4.13. The van der Waals surface area contributed by atoms with Crippen molar-refractivity contribution in [3.63, 3.8) is 0 Å². The lowest BCUT2D eigenvalue weighted by atomic mass is 10.1. The zero-order valence-electron chi connectivity index (χ0n) is 19.5. The molecule has 8 heteroatoms. The summed E-state index contributed by atoms with van der Waals surface area (Å²) in [5.41, 5.74) is 3.28. The van der Waals surface area contributed by atoms with Crippen LogP contribution in [0.15, 0.2) is 65.1 Å². The number of aromatic nitrogens is 1. The molecule has 0 radical (unpaired) electrons. The van der Waals surface area contributed by atoms with Crippen molar-refractivity contribution in [3.8, 4) is 0 Å². The van der Waals surface area contributed by atoms with Gasteiger partial charge in [-0.25, -0.2) is 8.42 Å². The third-order valence-electron chi connectivity index (χ3n) is 6.13. The SMILES string of the molecule is CCc1ccc(CN(Cc2cccnc2)C(=O)Cc2ccc(S(=O)(=O)N3CCCCC3)s2)cc1. The van der Waals surface area contributed by atoms with Crippen LogP contribution in [0.5, 0.6) is 0 Å². The Hall–Kier alpha value is -2.55. The molecule has 0 saturated carbocycles. The van der Waals surface area contributed by atoms with Crippen LogP contribution in [0.4, 0.5) is 0 Å². The molecule has 1 fully saturated rings. The molecule has 1 aliphatic rings. The van der Waals surface area contributed by atoms with Gasteiger partial charge in [-0.2, -0.15) is 4.31 Å². The van der Waals surface area contributed by atoms with Gasteiger partial charge in [0.05, 0.1) is 6.42 Å². The van der Waals surface area contributed by atoms with E-state index in [0.29, 0.717) is 30.4 Å². The second-order valence-electron chi connectivity index (χ2n) is 8.64. The van der Waals surface area contributed by atoms with E-state index >= 15 is 0 Å². The lowest BCUT2D eigenvalue weighted by Crippen LogP contribution is -2.35. The van der Waals surface area contributed by atoms with Crippen molar-refractivity contribution in [1.29, 1.82) is 0 Å². The Balaban J connectivity index is 1.49. The minimum absolute atomic E-state index is 0.0350. The minimum Gasteiger partial charge on any atom is -0.334 e. The highest BCUT2D eigenvalue weighted by Gasteiger charge is 2.28. The van der Waals surface area contributed by atoms with Gasteiger partial charge in [-0.1, -0.05) is 43.7 Å². The number of thiophene rings is 1. The molecule has 1 amide bonds. The summed E-state index contributed by atoms with van der Waals surface area (Å²) in [6.45, 7) is 4.21. The summed E-state index contributed by atoms with van der Waals surface area (Å²) in [5, 5.41) is 0. The van der Waals surface area contributed by atoms with Gasteiger partial charge in [0.25, 0.3) is 10.0 Å². The third kappa shape index (κ3) is 6.11. The van der Waals surface area contributed by atoms with Gasteiger partial charge in [-0.05, 0) is 54.2 Å². The number of hydrogen-bond acceptors (Lipinski definition) is 5. The van der Waals surface area contributed by atoms with Crippen LogP contribution in [-0.4, -0.2) is 41.6 Å². The summed E-state index contributed by atoms with van der Waals surface area (Å²) in [5.74, 6) is -0.0350. The van der Waals surface area contributed by atoms with Gasteiger partial charge in [0, 0.05) is 43.4 Å². The Morgan fingerprint density at radius 3 is 2.35 bits per heavy atom. The molecule has 0 unspecified atom stereocenters. The maximum absolute atomic E-state index is 13.4. The molecule has 1 aromatic carbocycles. The second kappa shape index (κ2) is 11.3. The van der Waals surface area contributed by atoms with Crippen LogP contribution in [0, 0.1) is 0 Å². The van der Waals surface area contributed by atoms with E-state index in [1.54, 1.807) is 28.8 Å². The number of carbonyl (C=O) groups excluding carboxylic acids is 1.